The number of aromatic nitrogens is 1. The van der Waals surface area contributed by atoms with Crippen molar-refractivity contribution >= 4 is 71.2 Å². The number of hydrogen-bond donors (Lipinski definition) is 0. The van der Waals surface area contributed by atoms with Crippen LogP contribution in [0.2, 0.25) is 0 Å². The van der Waals surface area contributed by atoms with Gasteiger partial charge in [0, 0.05) is 27.8 Å². The van der Waals surface area contributed by atoms with Gasteiger partial charge in [0.05, 0.1) is 16.7 Å². The fraction of sp³-hybridized carbons (Fsp3) is 0. The van der Waals surface area contributed by atoms with Gasteiger partial charge in [-0.05, 0) is 92.0 Å². The van der Waals surface area contributed by atoms with Gasteiger partial charge in [0.1, 0.15) is 0 Å². The molecule has 10 aromatic rings. The Bertz CT molecular complexity index is 2850. The van der Waals surface area contributed by atoms with Crippen LogP contribution in [0.15, 0.2) is 194 Å². The Morgan fingerprint density at radius 2 is 0.920 bits per heavy atom. The van der Waals surface area contributed by atoms with Gasteiger partial charge >= 0.3 is 0 Å². The van der Waals surface area contributed by atoms with Crippen LogP contribution in [0.4, 0.5) is 17.1 Å². The molecule has 1 heterocycles. The van der Waals surface area contributed by atoms with Crippen molar-refractivity contribution in [1.82, 2.24) is 4.57 Å². The van der Waals surface area contributed by atoms with E-state index in [1.807, 2.05) is 0 Å². The first-order valence-corrected chi connectivity index (χ1v) is 17.2. The molecule has 0 saturated heterocycles. The average molecular weight is 637 g/mol. The van der Waals surface area contributed by atoms with Crippen LogP contribution in [-0.4, -0.2) is 4.57 Å². The highest BCUT2D eigenvalue weighted by Gasteiger charge is 2.22. The zero-order valence-corrected chi connectivity index (χ0v) is 27.4. The fourth-order valence-electron chi connectivity index (χ4n) is 7.84. The molecule has 0 aliphatic heterocycles. The maximum atomic E-state index is 2.43. The summed E-state index contributed by atoms with van der Waals surface area (Å²) in [6.07, 6.45) is 0. The monoisotopic (exact) mass is 636 g/mol. The minimum absolute atomic E-state index is 1.10. The molecule has 0 saturated carbocycles. The summed E-state index contributed by atoms with van der Waals surface area (Å²) in [6, 6.07) is 70.5. The van der Waals surface area contributed by atoms with E-state index in [-0.39, 0.29) is 0 Å². The van der Waals surface area contributed by atoms with E-state index in [9.17, 15) is 0 Å². The van der Waals surface area contributed by atoms with Crippen LogP contribution in [0, 0.1) is 0 Å². The standard InChI is InChI=1S/C48H32N2/c1-3-12-33(13-4-1)34-22-26-38(27-23-34)49(39-28-31-41-36(32-39)25-30-42-40-17-8-7-14-35(40)24-29-43(41)42)47-21-11-19-45-44-18-9-10-20-46(44)50(48(45)47)37-15-5-2-6-16-37/h1-32H. The molecule has 1 aromatic heterocycles. The number of benzene rings is 9. The van der Waals surface area contributed by atoms with Gasteiger partial charge in [0.2, 0.25) is 0 Å². The topological polar surface area (TPSA) is 8.17 Å². The number of nitrogens with zero attached hydrogens (tertiary/aromatic N) is 2. The van der Waals surface area contributed by atoms with Crippen LogP contribution in [0.5, 0.6) is 0 Å². The van der Waals surface area contributed by atoms with Gasteiger partial charge in [0.25, 0.3) is 0 Å². The van der Waals surface area contributed by atoms with Crippen molar-refractivity contribution in [3.05, 3.63) is 194 Å². The summed E-state index contributed by atoms with van der Waals surface area (Å²) in [5, 5.41) is 10.1. The normalized spacial score (nSPS) is 11.6. The lowest BCUT2D eigenvalue weighted by atomic mass is 9.96. The van der Waals surface area contributed by atoms with Gasteiger partial charge < -0.3 is 9.47 Å². The zero-order chi connectivity index (χ0) is 33.0. The van der Waals surface area contributed by atoms with Crippen LogP contribution >= 0.6 is 0 Å². The Morgan fingerprint density at radius 3 is 1.72 bits per heavy atom. The molecule has 0 bridgehead atoms. The molecule has 0 unspecified atom stereocenters. The van der Waals surface area contributed by atoms with E-state index in [4.69, 9.17) is 0 Å². The van der Waals surface area contributed by atoms with Gasteiger partial charge in [0.15, 0.2) is 0 Å². The number of para-hydroxylation sites is 3. The maximum absolute atomic E-state index is 2.43. The lowest BCUT2D eigenvalue weighted by Gasteiger charge is -2.28. The summed E-state index contributed by atoms with van der Waals surface area (Å²) in [4.78, 5) is 2.43. The first-order chi connectivity index (χ1) is 24.8. The molecular formula is C48H32N2. The van der Waals surface area contributed by atoms with Gasteiger partial charge in [-0.15, -0.1) is 0 Å². The Morgan fingerprint density at radius 1 is 0.340 bits per heavy atom. The minimum atomic E-state index is 1.10. The van der Waals surface area contributed by atoms with Gasteiger partial charge in [-0.2, -0.15) is 0 Å². The fourth-order valence-corrected chi connectivity index (χ4v) is 7.84. The summed E-state index contributed by atoms with van der Waals surface area (Å²) in [5.74, 6) is 0. The van der Waals surface area contributed by atoms with Crippen LogP contribution in [0.1, 0.15) is 0 Å². The Labute approximate surface area is 290 Å². The second-order valence-corrected chi connectivity index (χ2v) is 13.0. The molecular weight excluding hydrogens is 605 g/mol. The Balaban J connectivity index is 1.24. The van der Waals surface area contributed by atoms with Crippen molar-refractivity contribution < 1.29 is 0 Å². The third-order valence-corrected chi connectivity index (χ3v) is 10.1. The average Bonchev–Trinajstić information content (AvgIpc) is 3.54. The van der Waals surface area contributed by atoms with Crippen molar-refractivity contribution in [2.24, 2.45) is 0 Å². The highest BCUT2D eigenvalue weighted by molar-refractivity contribution is 6.18. The van der Waals surface area contributed by atoms with E-state index in [1.165, 1.54) is 65.3 Å². The van der Waals surface area contributed by atoms with Crippen LogP contribution in [0.25, 0.3) is 70.9 Å². The van der Waals surface area contributed by atoms with Crippen molar-refractivity contribution in [3.8, 4) is 16.8 Å². The van der Waals surface area contributed by atoms with Crippen molar-refractivity contribution in [2.75, 3.05) is 4.90 Å². The SMILES string of the molecule is c1ccc(-c2ccc(N(c3ccc4c(ccc5c6ccccc6ccc45)c3)c3cccc4c5ccccc5n(-c5ccccc5)c34)cc2)cc1. The molecule has 0 radical (unpaired) electrons. The lowest BCUT2D eigenvalue weighted by Crippen LogP contribution is -2.11. The molecule has 50 heavy (non-hydrogen) atoms. The second-order valence-electron chi connectivity index (χ2n) is 13.0. The van der Waals surface area contributed by atoms with E-state index in [0.29, 0.717) is 0 Å². The molecule has 9 aromatic carbocycles. The quantitative estimate of drug-likeness (QED) is 0.171. The summed E-state index contributed by atoms with van der Waals surface area (Å²) in [6.45, 7) is 0. The van der Waals surface area contributed by atoms with Gasteiger partial charge in [-0.3, -0.25) is 0 Å². The van der Waals surface area contributed by atoms with Crippen LogP contribution in [0.3, 0.4) is 0 Å². The maximum Gasteiger partial charge on any atom is 0.0782 e. The summed E-state index contributed by atoms with van der Waals surface area (Å²) >= 11 is 0. The number of rotatable bonds is 5. The first kappa shape index (κ1) is 28.4. The minimum Gasteiger partial charge on any atom is -0.308 e. The molecule has 0 N–H and O–H groups in total. The molecule has 0 aliphatic rings. The van der Waals surface area contributed by atoms with E-state index in [1.54, 1.807) is 0 Å². The highest BCUT2D eigenvalue weighted by atomic mass is 15.2. The van der Waals surface area contributed by atoms with Crippen LogP contribution in [-0.2, 0) is 0 Å². The second kappa shape index (κ2) is 11.5. The molecule has 0 atom stereocenters. The highest BCUT2D eigenvalue weighted by Crippen LogP contribution is 2.44. The number of hydrogen-bond acceptors (Lipinski definition) is 1. The largest absolute Gasteiger partial charge is 0.308 e. The van der Waals surface area contributed by atoms with Crippen molar-refractivity contribution in [1.29, 1.82) is 0 Å². The Hall–Kier alpha value is -6.64. The zero-order valence-electron chi connectivity index (χ0n) is 27.4. The van der Waals surface area contributed by atoms with E-state index in [2.05, 4.69) is 204 Å². The molecule has 0 amide bonds. The molecule has 2 heteroatoms. The lowest BCUT2D eigenvalue weighted by molar-refractivity contribution is 1.17. The predicted octanol–water partition coefficient (Wildman–Crippen LogP) is 13.4. The first-order valence-electron chi connectivity index (χ1n) is 17.2. The Kier molecular flexibility index (Phi) is 6.53. The van der Waals surface area contributed by atoms with E-state index < -0.39 is 0 Å². The van der Waals surface area contributed by atoms with Gasteiger partial charge in [-0.1, -0.05) is 146 Å². The molecule has 0 spiro atoms. The number of fused-ring (bicyclic) bond motifs is 8. The third-order valence-electron chi connectivity index (χ3n) is 10.1. The third kappa shape index (κ3) is 4.50. The summed E-state index contributed by atoms with van der Waals surface area (Å²) in [5.41, 5.74) is 9.26. The van der Waals surface area contributed by atoms with Crippen molar-refractivity contribution in [3.63, 3.8) is 0 Å². The molecule has 10 rings (SSSR count). The smallest absolute Gasteiger partial charge is 0.0782 e. The molecule has 0 aliphatic carbocycles. The van der Waals surface area contributed by atoms with E-state index >= 15 is 0 Å². The summed E-state index contributed by atoms with van der Waals surface area (Å²) in [7, 11) is 0. The van der Waals surface area contributed by atoms with Gasteiger partial charge in [-0.25, -0.2) is 0 Å². The van der Waals surface area contributed by atoms with E-state index in [0.717, 1.165) is 22.7 Å². The predicted molar refractivity (Wildman–Crippen MR) is 213 cm³/mol. The number of anilines is 3. The molecule has 234 valence electrons. The van der Waals surface area contributed by atoms with Crippen LogP contribution < -0.4 is 4.90 Å². The van der Waals surface area contributed by atoms with Crippen molar-refractivity contribution in [2.45, 2.75) is 0 Å². The molecule has 0 fully saturated rings. The summed E-state index contributed by atoms with van der Waals surface area (Å²) < 4.78 is 2.42. The molecule has 2 nitrogen and oxygen atoms in total.